The number of esters is 2. The van der Waals surface area contributed by atoms with E-state index in [2.05, 4.69) is 26.0 Å². The Balaban J connectivity index is 2.29. The molecule has 23 heavy (non-hydrogen) atoms. The summed E-state index contributed by atoms with van der Waals surface area (Å²) in [5.74, 6) is -1.01. The van der Waals surface area contributed by atoms with Crippen molar-refractivity contribution in [2.45, 2.75) is 39.7 Å². The van der Waals surface area contributed by atoms with E-state index in [1.165, 1.54) is 7.11 Å². The maximum Gasteiger partial charge on any atom is 0.309 e. The highest BCUT2D eigenvalue weighted by molar-refractivity contribution is 5.75. The van der Waals surface area contributed by atoms with Crippen molar-refractivity contribution in [3.05, 3.63) is 12.2 Å². The fraction of sp³-hybridized carbons (Fsp3) is 0.778. The van der Waals surface area contributed by atoms with Gasteiger partial charge in [0.2, 0.25) is 0 Å². The SMILES string of the molecule is CCOC(=O)[C@@H]1C2C(C=C[C@@H]1C(C)C)C[C@H](C(=O)OC)C[C@@H]2O. The van der Waals surface area contributed by atoms with Crippen LogP contribution in [0.1, 0.15) is 33.6 Å². The zero-order chi connectivity index (χ0) is 17.1. The summed E-state index contributed by atoms with van der Waals surface area (Å²) in [6, 6.07) is 0. The third-order valence-electron chi connectivity index (χ3n) is 5.29. The summed E-state index contributed by atoms with van der Waals surface area (Å²) in [5, 5.41) is 10.7. The van der Waals surface area contributed by atoms with Crippen molar-refractivity contribution in [1.29, 1.82) is 0 Å². The quantitative estimate of drug-likeness (QED) is 0.634. The van der Waals surface area contributed by atoms with Gasteiger partial charge in [-0.1, -0.05) is 26.0 Å². The minimum Gasteiger partial charge on any atom is -0.469 e. The van der Waals surface area contributed by atoms with Crippen LogP contribution in [-0.2, 0) is 19.1 Å². The predicted octanol–water partition coefficient (Wildman–Crippen LogP) is 2.18. The Labute approximate surface area is 138 Å². The third kappa shape index (κ3) is 3.60. The number of hydrogen-bond acceptors (Lipinski definition) is 5. The molecule has 2 rings (SSSR count). The number of fused-ring (bicyclic) bond motifs is 1. The van der Waals surface area contributed by atoms with E-state index in [4.69, 9.17) is 9.47 Å². The molecular formula is C18H28O5. The van der Waals surface area contributed by atoms with Gasteiger partial charge in [-0.2, -0.15) is 0 Å². The third-order valence-corrected chi connectivity index (χ3v) is 5.29. The van der Waals surface area contributed by atoms with Crippen molar-refractivity contribution in [1.82, 2.24) is 0 Å². The lowest BCUT2D eigenvalue weighted by atomic mass is 9.59. The first-order valence-corrected chi connectivity index (χ1v) is 8.51. The maximum absolute atomic E-state index is 12.5. The van der Waals surface area contributed by atoms with Crippen LogP contribution < -0.4 is 0 Å². The zero-order valence-electron chi connectivity index (χ0n) is 14.4. The Morgan fingerprint density at radius 2 is 1.91 bits per heavy atom. The molecule has 130 valence electrons. The van der Waals surface area contributed by atoms with Crippen LogP contribution in [0.25, 0.3) is 0 Å². The van der Waals surface area contributed by atoms with E-state index in [0.29, 0.717) is 19.4 Å². The van der Waals surface area contributed by atoms with Gasteiger partial charge >= 0.3 is 11.9 Å². The molecule has 6 atom stereocenters. The van der Waals surface area contributed by atoms with Crippen LogP contribution >= 0.6 is 0 Å². The first kappa shape index (κ1) is 18.0. The van der Waals surface area contributed by atoms with E-state index >= 15 is 0 Å². The van der Waals surface area contributed by atoms with Crippen molar-refractivity contribution in [3.63, 3.8) is 0 Å². The molecule has 2 aliphatic rings. The number of rotatable bonds is 4. The number of aliphatic hydroxyl groups is 1. The molecule has 1 saturated carbocycles. The van der Waals surface area contributed by atoms with Gasteiger partial charge in [0.25, 0.3) is 0 Å². The summed E-state index contributed by atoms with van der Waals surface area (Å²) in [6.45, 7) is 6.28. The predicted molar refractivity (Wildman–Crippen MR) is 85.3 cm³/mol. The van der Waals surface area contributed by atoms with Gasteiger partial charge < -0.3 is 14.6 Å². The van der Waals surface area contributed by atoms with Gasteiger partial charge in [0, 0.05) is 5.92 Å². The zero-order valence-corrected chi connectivity index (χ0v) is 14.4. The molecule has 0 spiro atoms. The summed E-state index contributed by atoms with van der Waals surface area (Å²) in [5.41, 5.74) is 0. The molecule has 0 saturated heterocycles. The largest absolute Gasteiger partial charge is 0.469 e. The molecule has 0 aromatic carbocycles. The fourth-order valence-electron chi connectivity index (χ4n) is 4.22. The second kappa shape index (κ2) is 7.47. The summed E-state index contributed by atoms with van der Waals surface area (Å²) in [6.07, 6.45) is 4.41. The number of hydrogen-bond donors (Lipinski definition) is 1. The van der Waals surface area contributed by atoms with Crippen LogP contribution in [0.3, 0.4) is 0 Å². The second-order valence-corrected chi connectivity index (χ2v) is 6.98. The van der Waals surface area contributed by atoms with Crippen LogP contribution in [-0.4, -0.2) is 36.9 Å². The molecule has 0 amide bonds. The Hall–Kier alpha value is -1.36. The minimum atomic E-state index is -0.696. The van der Waals surface area contributed by atoms with Gasteiger partial charge in [-0.25, -0.2) is 0 Å². The van der Waals surface area contributed by atoms with Crippen LogP contribution in [0, 0.1) is 35.5 Å². The van der Waals surface area contributed by atoms with Crippen LogP contribution in [0.5, 0.6) is 0 Å². The Kier molecular flexibility index (Phi) is 5.84. The molecule has 0 heterocycles. The summed E-state index contributed by atoms with van der Waals surface area (Å²) in [7, 11) is 1.37. The van der Waals surface area contributed by atoms with Crippen molar-refractivity contribution >= 4 is 11.9 Å². The second-order valence-electron chi connectivity index (χ2n) is 6.98. The highest BCUT2D eigenvalue weighted by atomic mass is 16.5. The monoisotopic (exact) mass is 324 g/mol. The van der Waals surface area contributed by atoms with E-state index in [9.17, 15) is 14.7 Å². The molecule has 0 aliphatic heterocycles. The molecule has 2 aliphatic carbocycles. The topological polar surface area (TPSA) is 72.8 Å². The van der Waals surface area contributed by atoms with Gasteiger partial charge in [0.15, 0.2) is 0 Å². The fourth-order valence-corrected chi connectivity index (χ4v) is 4.22. The van der Waals surface area contributed by atoms with Gasteiger partial charge in [-0.15, -0.1) is 0 Å². The van der Waals surface area contributed by atoms with Gasteiger partial charge in [-0.05, 0) is 37.5 Å². The van der Waals surface area contributed by atoms with Gasteiger partial charge in [0.05, 0.1) is 31.7 Å². The number of allylic oxidation sites excluding steroid dienone is 2. The van der Waals surface area contributed by atoms with E-state index < -0.39 is 6.10 Å². The van der Waals surface area contributed by atoms with E-state index in [-0.39, 0.29) is 47.4 Å². The van der Waals surface area contributed by atoms with E-state index in [0.717, 1.165) is 0 Å². The van der Waals surface area contributed by atoms with Crippen molar-refractivity contribution in [3.8, 4) is 0 Å². The molecule has 0 bridgehead atoms. The van der Waals surface area contributed by atoms with Gasteiger partial charge in [0.1, 0.15) is 0 Å². The average Bonchev–Trinajstić information content (AvgIpc) is 2.52. The molecule has 1 fully saturated rings. The van der Waals surface area contributed by atoms with Crippen molar-refractivity contribution in [2.24, 2.45) is 35.5 Å². The van der Waals surface area contributed by atoms with Crippen LogP contribution in [0.4, 0.5) is 0 Å². The molecule has 1 N–H and O–H groups in total. The molecule has 0 radical (unpaired) electrons. The summed E-state index contributed by atoms with van der Waals surface area (Å²) >= 11 is 0. The minimum absolute atomic E-state index is 0.00672. The first-order chi connectivity index (χ1) is 10.9. The molecule has 5 nitrogen and oxygen atoms in total. The lowest BCUT2D eigenvalue weighted by Crippen LogP contribution is -2.49. The number of carbonyl (C=O) groups excluding carboxylic acids is 2. The number of carbonyl (C=O) groups is 2. The van der Waals surface area contributed by atoms with E-state index in [1.54, 1.807) is 6.92 Å². The van der Waals surface area contributed by atoms with E-state index in [1.807, 2.05) is 0 Å². The first-order valence-electron chi connectivity index (χ1n) is 8.51. The lowest BCUT2D eigenvalue weighted by molar-refractivity contribution is -0.161. The number of aliphatic hydroxyl groups excluding tert-OH is 1. The van der Waals surface area contributed by atoms with Crippen molar-refractivity contribution in [2.75, 3.05) is 13.7 Å². The summed E-state index contributed by atoms with van der Waals surface area (Å²) in [4.78, 5) is 24.4. The highest BCUT2D eigenvalue weighted by Crippen LogP contribution is 2.47. The molecule has 5 heteroatoms. The van der Waals surface area contributed by atoms with Gasteiger partial charge in [-0.3, -0.25) is 9.59 Å². The Morgan fingerprint density at radius 1 is 1.22 bits per heavy atom. The number of ether oxygens (including phenoxy) is 2. The average molecular weight is 324 g/mol. The maximum atomic E-state index is 12.5. The molecule has 0 aromatic heterocycles. The normalized spacial score (nSPS) is 36.4. The molecule has 0 aromatic rings. The smallest absolute Gasteiger partial charge is 0.309 e. The lowest BCUT2D eigenvalue weighted by Gasteiger charge is -2.46. The standard InChI is InChI=1S/C18H28O5/c1-5-23-18(21)16-13(10(2)3)7-6-11-8-12(17(20)22-4)9-14(19)15(11)16/h6-7,10-16,19H,5,8-9H2,1-4H3/t11?,12-,13+,14-,15?,16-/m0/s1. The van der Waals surface area contributed by atoms with Crippen LogP contribution in [0.2, 0.25) is 0 Å². The highest BCUT2D eigenvalue weighted by Gasteiger charge is 2.50. The molecular weight excluding hydrogens is 296 g/mol. The number of methoxy groups -OCH3 is 1. The Bertz CT molecular complexity index is 470. The van der Waals surface area contributed by atoms with Crippen molar-refractivity contribution < 1.29 is 24.2 Å². The summed E-state index contributed by atoms with van der Waals surface area (Å²) < 4.78 is 10.1. The Morgan fingerprint density at radius 3 is 2.48 bits per heavy atom. The van der Waals surface area contributed by atoms with Crippen LogP contribution in [0.15, 0.2) is 12.2 Å². The molecule has 2 unspecified atom stereocenters.